The normalized spacial score (nSPS) is 15.8. The molecule has 1 aliphatic carbocycles. The molecule has 0 atom stereocenters. The number of rotatable bonds is 6. The van der Waals surface area contributed by atoms with Gasteiger partial charge in [0.25, 0.3) is 5.91 Å². The summed E-state index contributed by atoms with van der Waals surface area (Å²) in [5.74, 6) is -0.710. The molecular weight excluding hydrogens is 260 g/mol. The minimum absolute atomic E-state index is 0.0208. The van der Waals surface area contributed by atoms with Crippen molar-refractivity contribution in [2.24, 2.45) is 5.41 Å². The molecule has 6 heteroatoms. The number of hydrogen-bond donors (Lipinski definition) is 2. The van der Waals surface area contributed by atoms with E-state index in [1.807, 2.05) is 13.8 Å². The predicted molar refractivity (Wildman–Crippen MR) is 71.6 cm³/mol. The number of hydrogen-bond acceptors (Lipinski definition) is 4. The summed E-state index contributed by atoms with van der Waals surface area (Å²) in [5.41, 5.74) is -0.369. The van der Waals surface area contributed by atoms with Crippen LogP contribution in [-0.2, 0) is 4.79 Å². The lowest BCUT2D eigenvalue weighted by atomic mass is 10.1. The largest absolute Gasteiger partial charge is 0.481 e. The second kappa shape index (κ2) is 5.48. The first-order valence-electron chi connectivity index (χ1n) is 6.57. The number of nitrogens with one attached hydrogen (secondary N) is 1. The molecule has 1 aromatic rings. The SMILES string of the molecule is CC(C)Oc1ccc(C(=O)NCC2(C(=O)O)CC2)cn1. The molecule has 1 fully saturated rings. The van der Waals surface area contributed by atoms with Gasteiger partial charge in [-0.1, -0.05) is 0 Å². The first-order chi connectivity index (χ1) is 9.43. The number of ether oxygens (including phenoxy) is 1. The average molecular weight is 278 g/mol. The highest BCUT2D eigenvalue weighted by molar-refractivity contribution is 5.94. The van der Waals surface area contributed by atoms with Crippen LogP contribution >= 0.6 is 0 Å². The minimum atomic E-state index is -0.850. The molecule has 0 radical (unpaired) electrons. The Bertz CT molecular complexity index is 506. The van der Waals surface area contributed by atoms with Gasteiger partial charge in [-0.15, -0.1) is 0 Å². The van der Waals surface area contributed by atoms with Crippen LogP contribution in [0.15, 0.2) is 18.3 Å². The second-order valence-corrected chi connectivity index (χ2v) is 5.32. The first kappa shape index (κ1) is 14.3. The summed E-state index contributed by atoms with van der Waals surface area (Å²) < 4.78 is 5.38. The Kier molecular flexibility index (Phi) is 3.92. The molecule has 1 amide bonds. The van der Waals surface area contributed by atoms with E-state index in [9.17, 15) is 9.59 Å². The van der Waals surface area contributed by atoms with Gasteiger partial charge in [0.2, 0.25) is 5.88 Å². The molecule has 2 N–H and O–H groups in total. The molecule has 6 nitrogen and oxygen atoms in total. The van der Waals surface area contributed by atoms with Gasteiger partial charge >= 0.3 is 5.97 Å². The molecule has 1 aliphatic rings. The van der Waals surface area contributed by atoms with Crippen molar-refractivity contribution in [3.63, 3.8) is 0 Å². The number of pyridine rings is 1. The van der Waals surface area contributed by atoms with Crippen molar-refractivity contribution in [1.82, 2.24) is 10.3 Å². The van der Waals surface area contributed by atoms with E-state index in [-0.39, 0.29) is 18.6 Å². The second-order valence-electron chi connectivity index (χ2n) is 5.32. The predicted octanol–water partition coefficient (Wildman–Crippen LogP) is 1.46. The zero-order valence-electron chi connectivity index (χ0n) is 11.5. The Morgan fingerprint density at radius 2 is 2.15 bits per heavy atom. The van der Waals surface area contributed by atoms with Gasteiger partial charge in [0.1, 0.15) is 0 Å². The Morgan fingerprint density at radius 3 is 2.60 bits per heavy atom. The van der Waals surface area contributed by atoms with Gasteiger partial charge in [0.15, 0.2) is 0 Å². The Morgan fingerprint density at radius 1 is 1.45 bits per heavy atom. The zero-order valence-corrected chi connectivity index (χ0v) is 11.5. The maximum absolute atomic E-state index is 11.9. The van der Waals surface area contributed by atoms with Crippen LogP contribution in [0.3, 0.4) is 0 Å². The number of carboxylic acids is 1. The van der Waals surface area contributed by atoms with Gasteiger partial charge in [-0.3, -0.25) is 9.59 Å². The van der Waals surface area contributed by atoms with Crippen molar-refractivity contribution >= 4 is 11.9 Å². The van der Waals surface area contributed by atoms with E-state index in [1.54, 1.807) is 12.1 Å². The Labute approximate surface area is 117 Å². The van der Waals surface area contributed by atoms with Crippen LogP contribution in [0.5, 0.6) is 5.88 Å². The highest BCUT2D eigenvalue weighted by Gasteiger charge is 2.50. The number of aromatic nitrogens is 1. The van der Waals surface area contributed by atoms with Gasteiger partial charge in [-0.05, 0) is 32.8 Å². The minimum Gasteiger partial charge on any atom is -0.481 e. The fourth-order valence-corrected chi connectivity index (χ4v) is 1.79. The Balaban J connectivity index is 1.91. The molecule has 2 rings (SSSR count). The number of aliphatic carboxylic acids is 1. The standard InChI is InChI=1S/C14H18N2O4/c1-9(2)20-11-4-3-10(7-15-11)12(17)16-8-14(5-6-14)13(18)19/h3-4,7,9H,5-6,8H2,1-2H3,(H,16,17)(H,18,19). The summed E-state index contributed by atoms with van der Waals surface area (Å²) >= 11 is 0. The number of carboxylic acid groups (broad SMARTS) is 1. The van der Waals surface area contributed by atoms with E-state index in [1.165, 1.54) is 6.20 Å². The van der Waals surface area contributed by atoms with Crippen LogP contribution < -0.4 is 10.1 Å². The van der Waals surface area contributed by atoms with E-state index < -0.39 is 11.4 Å². The molecule has 0 aromatic carbocycles. The molecule has 0 aliphatic heterocycles. The highest BCUT2D eigenvalue weighted by Crippen LogP contribution is 2.45. The van der Waals surface area contributed by atoms with E-state index in [0.717, 1.165) is 0 Å². The topological polar surface area (TPSA) is 88.5 Å². The summed E-state index contributed by atoms with van der Waals surface area (Å²) in [4.78, 5) is 26.9. The van der Waals surface area contributed by atoms with E-state index >= 15 is 0 Å². The maximum atomic E-state index is 11.9. The van der Waals surface area contributed by atoms with Crippen LogP contribution in [0.2, 0.25) is 0 Å². The summed E-state index contributed by atoms with van der Waals surface area (Å²) in [5, 5.41) is 11.7. The maximum Gasteiger partial charge on any atom is 0.311 e. The number of carbonyl (C=O) groups is 2. The molecule has 20 heavy (non-hydrogen) atoms. The van der Waals surface area contributed by atoms with Gasteiger partial charge in [0.05, 0.1) is 17.1 Å². The van der Waals surface area contributed by atoms with Gasteiger partial charge < -0.3 is 15.2 Å². The highest BCUT2D eigenvalue weighted by atomic mass is 16.5. The van der Waals surface area contributed by atoms with Crippen molar-refractivity contribution in [2.45, 2.75) is 32.8 Å². The van der Waals surface area contributed by atoms with E-state index in [2.05, 4.69) is 10.3 Å². The van der Waals surface area contributed by atoms with Crippen molar-refractivity contribution < 1.29 is 19.4 Å². The third-order valence-corrected chi connectivity index (χ3v) is 3.25. The fourth-order valence-electron chi connectivity index (χ4n) is 1.79. The number of nitrogens with zero attached hydrogens (tertiary/aromatic N) is 1. The van der Waals surface area contributed by atoms with Crippen molar-refractivity contribution in [1.29, 1.82) is 0 Å². The van der Waals surface area contributed by atoms with Gasteiger partial charge in [-0.25, -0.2) is 4.98 Å². The summed E-state index contributed by atoms with van der Waals surface area (Å²) in [6.45, 7) is 3.94. The molecule has 0 saturated heterocycles. The average Bonchev–Trinajstić information content (AvgIpc) is 3.17. The van der Waals surface area contributed by atoms with Crippen LogP contribution in [0, 0.1) is 5.41 Å². The summed E-state index contributed by atoms with van der Waals surface area (Å²) in [6.07, 6.45) is 2.67. The third kappa shape index (κ3) is 3.26. The van der Waals surface area contributed by atoms with Crippen molar-refractivity contribution in [2.75, 3.05) is 6.54 Å². The summed E-state index contributed by atoms with van der Waals surface area (Å²) in [7, 11) is 0. The summed E-state index contributed by atoms with van der Waals surface area (Å²) in [6, 6.07) is 3.24. The lowest BCUT2D eigenvalue weighted by Crippen LogP contribution is -2.34. The molecule has 1 aromatic heterocycles. The number of carbonyl (C=O) groups excluding carboxylic acids is 1. The molecule has 0 spiro atoms. The van der Waals surface area contributed by atoms with E-state index in [0.29, 0.717) is 24.3 Å². The Hall–Kier alpha value is -2.11. The quantitative estimate of drug-likeness (QED) is 0.822. The molecule has 108 valence electrons. The van der Waals surface area contributed by atoms with Crippen LogP contribution in [-0.4, -0.2) is 34.6 Å². The molecular formula is C14H18N2O4. The molecule has 1 heterocycles. The monoisotopic (exact) mass is 278 g/mol. The molecule has 0 unspecified atom stereocenters. The number of amides is 1. The lowest BCUT2D eigenvalue weighted by molar-refractivity contribution is -0.143. The smallest absolute Gasteiger partial charge is 0.311 e. The molecule has 1 saturated carbocycles. The third-order valence-electron chi connectivity index (χ3n) is 3.25. The fraction of sp³-hybridized carbons (Fsp3) is 0.500. The first-order valence-corrected chi connectivity index (χ1v) is 6.57. The van der Waals surface area contributed by atoms with Gasteiger partial charge in [-0.2, -0.15) is 0 Å². The van der Waals surface area contributed by atoms with Crippen LogP contribution in [0.4, 0.5) is 0 Å². The van der Waals surface area contributed by atoms with Crippen molar-refractivity contribution in [3.8, 4) is 5.88 Å². The van der Waals surface area contributed by atoms with E-state index in [4.69, 9.17) is 9.84 Å². The zero-order chi connectivity index (χ0) is 14.8. The molecule has 0 bridgehead atoms. The lowest BCUT2D eigenvalue weighted by Gasteiger charge is -2.11. The van der Waals surface area contributed by atoms with Crippen LogP contribution in [0.25, 0.3) is 0 Å². The van der Waals surface area contributed by atoms with Crippen molar-refractivity contribution in [3.05, 3.63) is 23.9 Å². The van der Waals surface area contributed by atoms with Crippen LogP contribution in [0.1, 0.15) is 37.0 Å². The van der Waals surface area contributed by atoms with Gasteiger partial charge in [0, 0.05) is 18.8 Å².